The van der Waals surface area contributed by atoms with Gasteiger partial charge in [0.05, 0.1) is 22.8 Å². The first-order valence-electron chi connectivity index (χ1n) is 12.2. The molecular weight excluding hydrogens is 512 g/mol. The maximum Gasteiger partial charge on any atom is 0.408 e. The lowest BCUT2D eigenvalue weighted by Gasteiger charge is -2.29. The number of pyridine rings is 1. The maximum atomic E-state index is 13.0. The van der Waals surface area contributed by atoms with E-state index in [-0.39, 0.29) is 5.03 Å². The van der Waals surface area contributed by atoms with Crippen LogP contribution in [0.3, 0.4) is 0 Å². The van der Waals surface area contributed by atoms with Crippen molar-refractivity contribution in [2.24, 2.45) is 5.41 Å². The van der Waals surface area contributed by atoms with Gasteiger partial charge in [0, 0.05) is 11.6 Å². The number of fused-ring (bicyclic) bond motifs is 1. The van der Waals surface area contributed by atoms with Gasteiger partial charge in [-0.2, -0.15) is 0 Å². The summed E-state index contributed by atoms with van der Waals surface area (Å²) in [7, 11) is -3.96. The fraction of sp³-hybridized carbons (Fsp3) is 0.462. The molecule has 9 nitrogen and oxygen atoms in total. The van der Waals surface area contributed by atoms with Crippen molar-refractivity contribution < 1.29 is 22.7 Å². The van der Waals surface area contributed by atoms with Gasteiger partial charge < -0.3 is 10.1 Å². The van der Waals surface area contributed by atoms with Crippen LogP contribution in [0.2, 0.25) is 0 Å². The van der Waals surface area contributed by atoms with Crippen LogP contribution in [0.15, 0.2) is 47.6 Å². The molecule has 2 N–H and O–H groups in total. The zero-order valence-corrected chi connectivity index (χ0v) is 23.4. The molecule has 0 spiro atoms. The largest absolute Gasteiger partial charge is 0.438 e. The van der Waals surface area contributed by atoms with E-state index in [0.717, 1.165) is 22.2 Å². The van der Waals surface area contributed by atoms with Crippen molar-refractivity contribution >= 4 is 43.5 Å². The van der Waals surface area contributed by atoms with E-state index in [1.165, 1.54) is 23.6 Å². The van der Waals surface area contributed by atoms with Gasteiger partial charge in [-0.3, -0.25) is 4.79 Å². The highest BCUT2D eigenvalue weighted by Crippen LogP contribution is 2.39. The number of sulfonamides is 1. The Labute approximate surface area is 222 Å². The number of nitrogens with one attached hydrogen (secondary N) is 2. The molecule has 0 bridgehead atoms. The summed E-state index contributed by atoms with van der Waals surface area (Å²) < 4.78 is 34.0. The second-order valence-corrected chi connectivity index (χ2v) is 12.7. The van der Waals surface area contributed by atoms with E-state index >= 15 is 0 Å². The molecule has 3 aromatic rings. The predicted molar refractivity (Wildman–Crippen MR) is 144 cm³/mol. The molecule has 3 rings (SSSR count). The van der Waals surface area contributed by atoms with Gasteiger partial charge in [0.25, 0.3) is 10.0 Å². The highest BCUT2D eigenvalue weighted by Gasteiger charge is 2.34. The average Bonchev–Trinajstić information content (AvgIpc) is 3.26. The summed E-state index contributed by atoms with van der Waals surface area (Å²) in [6, 6.07) is 9.57. The summed E-state index contributed by atoms with van der Waals surface area (Å²) in [5.74, 6) is -0.465. The maximum absolute atomic E-state index is 13.0. The minimum absolute atomic E-state index is 0.181. The second kappa shape index (κ2) is 12.1. The minimum Gasteiger partial charge on any atom is -0.438 e. The van der Waals surface area contributed by atoms with Crippen LogP contribution in [0.1, 0.15) is 63.6 Å². The van der Waals surface area contributed by atoms with Crippen molar-refractivity contribution in [1.29, 1.82) is 0 Å². The van der Waals surface area contributed by atoms with E-state index in [9.17, 15) is 18.0 Å². The second-order valence-electron chi connectivity index (χ2n) is 9.97. The lowest BCUT2D eigenvalue weighted by atomic mass is 9.89. The number of carbonyl (C=O) groups excluding carboxylic acids is 2. The number of unbranched alkanes of at least 4 members (excludes halogenated alkanes) is 1. The van der Waals surface area contributed by atoms with Crippen LogP contribution >= 0.6 is 11.3 Å². The normalized spacial score (nSPS) is 13.8. The fourth-order valence-electron chi connectivity index (χ4n) is 3.64. The Balaban J connectivity index is 1.72. The number of benzene rings is 1. The van der Waals surface area contributed by atoms with Gasteiger partial charge in [0.15, 0.2) is 16.9 Å². The van der Waals surface area contributed by atoms with Gasteiger partial charge in [0.2, 0.25) is 0 Å². The van der Waals surface area contributed by atoms with Gasteiger partial charge in [-0.1, -0.05) is 52.7 Å². The molecule has 11 heteroatoms. The van der Waals surface area contributed by atoms with Crippen LogP contribution in [0, 0.1) is 12.3 Å². The molecular formula is C26H34N4O5S2. The molecule has 37 heavy (non-hydrogen) atoms. The number of amides is 1. The molecule has 0 fully saturated rings. The molecule has 0 saturated heterocycles. The first-order chi connectivity index (χ1) is 17.4. The Bertz CT molecular complexity index is 1330. The van der Waals surface area contributed by atoms with E-state index in [0.29, 0.717) is 17.8 Å². The Kier molecular flexibility index (Phi) is 9.38. The average molecular weight is 547 g/mol. The smallest absolute Gasteiger partial charge is 0.408 e. The molecule has 0 aliphatic heterocycles. The summed E-state index contributed by atoms with van der Waals surface area (Å²) in [6.07, 6.45) is 1.79. The molecule has 2 heterocycles. The third-order valence-electron chi connectivity index (χ3n) is 5.67. The van der Waals surface area contributed by atoms with Crippen molar-refractivity contribution in [3.8, 4) is 0 Å². The quantitative estimate of drug-likeness (QED) is 0.349. The first kappa shape index (κ1) is 28.7. The number of aromatic nitrogens is 2. The van der Waals surface area contributed by atoms with Gasteiger partial charge in [-0.05, 0) is 43.2 Å². The number of Topliss-reactive ketones (excluding diaryl/α,β-unsaturated/α-hetero) is 1. The first-order valence-corrected chi connectivity index (χ1v) is 14.5. The molecule has 1 aromatic carbocycles. The molecule has 0 unspecified atom stereocenters. The third-order valence-corrected chi connectivity index (χ3v) is 8.07. The fourth-order valence-corrected chi connectivity index (χ4v) is 5.80. The van der Waals surface area contributed by atoms with Crippen LogP contribution in [0.5, 0.6) is 0 Å². The van der Waals surface area contributed by atoms with Crippen LogP contribution < -0.4 is 10.0 Å². The van der Waals surface area contributed by atoms with Crippen LogP contribution in [-0.2, 0) is 19.6 Å². The van der Waals surface area contributed by atoms with Crippen LogP contribution in [-0.4, -0.2) is 42.8 Å². The number of ketones is 1. The summed E-state index contributed by atoms with van der Waals surface area (Å²) in [6.45, 7) is 9.34. The van der Waals surface area contributed by atoms with Gasteiger partial charge >= 0.3 is 6.09 Å². The lowest BCUT2D eigenvalue weighted by Crippen LogP contribution is -2.46. The SMILES string of the molecule is CCCC[C@H](NC(=O)O[C@H](c1nc2cc(C)ccc2s1)C(C)(C)C)C(=O)CNS(=O)(=O)c1ccccn1. The third kappa shape index (κ3) is 7.80. The monoisotopic (exact) mass is 546 g/mol. The Morgan fingerprint density at radius 2 is 1.92 bits per heavy atom. The number of alkyl carbamates (subject to hydrolysis) is 1. The molecule has 2 aromatic heterocycles. The summed E-state index contributed by atoms with van der Waals surface area (Å²) in [4.78, 5) is 34.4. The van der Waals surface area contributed by atoms with E-state index < -0.39 is 46.0 Å². The zero-order valence-electron chi connectivity index (χ0n) is 21.8. The van der Waals surface area contributed by atoms with Crippen molar-refractivity contribution in [3.05, 3.63) is 53.2 Å². The highest BCUT2D eigenvalue weighted by atomic mass is 32.2. The Morgan fingerprint density at radius 3 is 2.57 bits per heavy atom. The molecule has 0 aliphatic carbocycles. The number of carbonyl (C=O) groups is 2. The molecule has 1 amide bonds. The molecule has 0 saturated carbocycles. The predicted octanol–water partition coefficient (Wildman–Crippen LogP) is 4.92. The number of hydrogen-bond acceptors (Lipinski definition) is 8. The van der Waals surface area contributed by atoms with Crippen molar-refractivity contribution in [2.45, 2.75) is 71.1 Å². The van der Waals surface area contributed by atoms with E-state index in [1.54, 1.807) is 12.1 Å². The van der Waals surface area contributed by atoms with Gasteiger partial charge in [0.1, 0.15) is 5.01 Å². The Morgan fingerprint density at radius 1 is 1.16 bits per heavy atom. The lowest BCUT2D eigenvalue weighted by molar-refractivity contribution is -0.120. The van der Waals surface area contributed by atoms with Gasteiger partial charge in [-0.15, -0.1) is 11.3 Å². The van der Waals surface area contributed by atoms with Crippen molar-refractivity contribution in [2.75, 3.05) is 6.54 Å². The summed E-state index contributed by atoms with van der Waals surface area (Å²) >= 11 is 1.47. The number of rotatable bonds is 11. The number of thiazole rings is 1. The van der Waals surface area contributed by atoms with Crippen LogP contribution in [0.4, 0.5) is 4.79 Å². The standard InChI is InChI=1S/C26H34N4O5S2/c1-6-7-10-18(20(31)16-28-37(33,34)22-11-8-9-14-27-22)30-25(32)35-23(26(3,4)5)24-29-19-15-17(2)12-13-21(19)36-24/h8-9,11-15,18,23,28H,6-7,10,16H2,1-5H3,(H,30,32)/t18-,23+/m0/s1. The molecule has 0 radical (unpaired) electrons. The van der Waals surface area contributed by atoms with Crippen molar-refractivity contribution in [1.82, 2.24) is 20.0 Å². The zero-order chi connectivity index (χ0) is 27.2. The van der Waals surface area contributed by atoms with Crippen LogP contribution in [0.25, 0.3) is 10.2 Å². The van der Waals surface area contributed by atoms with E-state index in [2.05, 4.69) is 15.0 Å². The van der Waals surface area contributed by atoms with Crippen molar-refractivity contribution in [3.63, 3.8) is 0 Å². The number of aryl methyl sites for hydroxylation is 1. The number of nitrogens with zero attached hydrogens (tertiary/aromatic N) is 2. The number of hydrogen-bond donors (Lipinski definition) is 2. The van der Waals surface area contributed by atoms with Gasteiger partial charge in [-0.25, -0.2) is 27.9 Å². The van der Waals surface area contributed by atoms with E-state index in [1.807, 2.05) is 52.8 Å². The summed E-state index contributed by atoms with van der Waals surface area (Å²) in [5.41, 5.74) is 1.47. The molecule has 2 atom stereocenters. The number of ether oxygens (including phenoxy) is 1. The minimum atomic E-state index is -3.96. The molecule has 200 valence electrons. The molecule has 0 aliphatic rings. The highest BCUT2D eigenvalue weighted by molar-refractivity contribution is 7.89. The Hall–Kier alpha value is -2.89. The van der Waals surface area contributed by atoms with E-state index in [4.69, 9.17) is 9.72 Å². The topological polar surface area (TPSA) is 127 Å². The summed E-state index contributed by atoms with van der Waals surface area (Å²) in [5, 5.41) is 3.15.